The van der Waals surface area contributed by atoms with Crippen LogP contribution in [0.3, 0.4) is 0 Å². The van der Waals surface area contributed by atoms with Gasteiger partial charge in [0.05, 0.1) is 13.7 Å². The molecule has 2 aromatic rings. The number of hydrogen-bond donors (Lipinski definition) is 0. The lowest BCUT2D eigenvalue weighted by atomic mass is 9.93. The summed E-state index contributed by atoms with van der Waals surface area (Å²) >= 11 is 0. The highest BCUT2D eigenvalue weighted by molar-refractivity contribution is 5.47. The van der Waals surface area contributed by atoms with E-state index in [1.807, 2.05) is 31.4 Å². The van der Waals surface area contributed by atoms with Crippen LogP contribution in [-0.2, 0) is 12.8 Å². The second-order valence-electron chi connectivity index (χ2n) is 5.88. The lowest BCUT2D eigenvalue weighted by molar-refractivity contribution is 0.209. The first-order valence-electron chi connectivity index (χ1n) is 8.03. The first-order valence-corrected chi connectivity index (χ1v) is 8.03. The molecule has 1 aliphatic rings. The first kappa shape index (κ1) is 15.6. The number of ether oxygens (including phenoxy) is 2. The smallest absolute Gasteiger partial charge is 0.164 e. The Balaban J connectivity index is 1.73. The van der Waals surface area contributed by atoms with E-state index in [1.54, 1.807) is 7.11 Å². The van der Waals surface area contributed by atoms with Gasteiger partial charge in [-0.05, 0) is 31.0 Å². The van der Waals surface area contributed by atoms with Crippen molar-refractivity contribution in [2.45, 2.75) is 19.8 Å². The van der Waals surface area contributed by atoms with Crippen molar-refractivity contribution in [1.82, 2.24) is 9.97 Å². The second-order valence-corrected chi connectivity index (χ2v) is 5.88. The van der Waals surface area contributed by atoms with Gasteiger partial charge in [0.1, 0.15) is 11.6 Å². The van der Waals surface area contributed by atoms with Gasteiger partial charge >= 0.3 is 0 Å². The summed E-state index contributed by atoms with van der Waals surface area (Å²) < 4.78 is 11.3. The molecule has 0 saturated heterocycles. The Morgan fingerprint density at radius 2 is 2.22 bits per heavy atom. The van der Waals surface area contributed by atoms with E-state index in [2.05, 4.69) is 27.9 Å². The molecule has 1 atom stereocenters. The Labute approximate surface area is 137 Å². The standard InChI is InChI=1S/C18H23N3O2/c1-4-21(2)17-8-9-19-16(20-17)11-13-10-14-6-5-7-15(22-3)18(14)23-12-13/h5-9,13H,4,10-12H2,1-3H3/t13-/m1/s1. The van der Waals surface area contributed by atoms with Crippen LogP contribution in [0.2, 0.25) is 0 Å². The fourth-order valence-corrected chi connectivity index (χ4v) is 2.87. The van der Waals surface area contributed by atoms with E-state index >= 15 is 0 Å². The van der Waals surface area contributed by atoms with E-state index in [4.69, 9.17) is 9.47 Å². The van der Waals surface area contributed by atoms with E-state index in [0.29, 0.717) is 12.5 Å². The van der Waals surface area contributed by atoms with Crippen LogP contribution in [0.25, 0.3) is 0 Å². The SMILES string of the molecule is CCN(C)c1ccnc(C[C@@H]2COc3c(cccc3OC)C2)n1. The average Bonchev–Trinajstić information content (AvgIpc) is 2.60. The molecule has 122 valence electrons. The van der Waals surface area contributed by atoms with Crippen molar-refractivity contribution in [3.05, 3.63) is 41.9 Å². The fraction of sp³-hybridized carbons (Fsp3) is 0.444. The highest BCUT2D eigenvalue weighted by Crippen LogP contribution is 2.36. The van der Waals surface area contributed by atoms with Crippen LogP contribution in [-0.4, -0.2) is 37.3 Å². The van der Waals surface area contributed by atoms with Crippen molar-refractivity contribution in [3.8, 4) is 11.5 Å². The summed E-state index contributed by atoms with van der Waals surface area (Å²) in [5.74, 6) is 3.92. The molecule has 5 nitrogen and oxygen atoms in total. The van der Waals surface area contributed by atoms with Gasteiger partial charge in [-0.1, -0.05) is 12.1 Å². The minimum atomic E-state index is 0.386. The molecule has 0 fully saturated rings. The predicted octanol–water partition coefficient (Wildman–Crippen LogP) is 2.74. The van der Waals surface area contributed by atoms with Gasteiger partial charge in [0.25, 0.3) is 0 Å². The lowest BCUT2D eigenvalue weighted by Gasteiger charge is -2.26. The summed E-state index contributed by atoms with van der Waals surface area (Å²) in [7, 11) is 3.72. The minimum absolute atomic E-state index is 0.386. The summed E-state index contributed by atoms with van der Waals surface area (Å²) in [5.41, 5.74) is 1.20. The average molecular weight is 313 g/mol. The lowest BCUT2D eigenvalue weighted by Crippen LogP contribution is -2.24. The van der Waals surface area contributed by atoms with Crippen LogP contribution in [0.15, 0.2) is 30.5 Å². The molecule has 1 aromatic heterocycles. The molecular weight excluding hydrogens is 290 g/mol. The molecule has 23 heavy (non-hydrogen) atoms. The van der Waals surface area contributed by atoms with Crippen molar-refractivity contribution in [2.24, 2.45) is 5.92 Å². The largest absolute Gasteiger partial charge is 0.493 e. The van der Waals surface area contributed by atoms with Gasteiger partial charge in [0.2, 0.25) is 0 Å². The van der Waals surface area contributed by atoms with Gasteiger partial charge in [-0.25, -0.2) is 9.97 Å². The molecule has 0 aliphatic carbocycles. The van der Waals surface area contributed by atoms with Crippen LogP contribution in [0, 0.1) is 5.92 Å². The summed E-state index contributed by atoms with van der Waals surface area (Å²) in [6, 6.07) is 8.00. The van der Waals surface area contributed by atoms with Crippen LogP contribution in [0.5, 0.6) is 11.5 Å². The number of benzene rings is 1. The first-order chi connectivity index (χ1) is 11.2. The van der Waals surface area contributed by atoms with Gasteiger partial charge in [0.15, 0.2) is 11.5 Å². The number of hydrogen-bond acceptors (Lipinski definition) is 5. The summed E-state index contributed by atoms with van der Waals surface area (Å²) in [6.07, 6.45) is 3.62. The molecule has 0 bridgehead atoms. The zero-order chi connectivity index (χ0) is 16.2. The third-order valence-corrected chi connectivity index (χ3v) is 4.28. The molecule has 0 radical (unpaired) electrons. The predicted molar refractivity (Wildman–Crippen MR) is 90.4 cm³/mol. The quantitative estimate of drug-likeness (QED) is 0.849. The number of para-hydroxylation sites is 1. The van der Waals surface area contributed by atoms with Crippen molar-refractivity contribution in [2.75, 3.05) is 32.2 Å². The van der Waals surface area contributed by atoms with Gasteiger partial charge in [0, 0.05) is 32.1 Å². The Morgan fingerprint density at radius 3 is 3.00 bits per heavy atom. The number of anilines is 1. The molecule has 5 heteroatoms. The maximum Gasteiger partial charge on any atom is 0.164 e. The van der Waals surface area contributed by atoms with Crippen molar-refractivity contribution < 1.29 is 9.47 Å². The van der Waals surface area contributed by atoms with Gasteiger partial charge in [-0.3, -0.25) is 0 Å². The van der Waals surface area contributed by atoms with Crippen LogP contribution in [0.4, 0.5) is 5.82 Å². The zero-order valence-corrected chi connectivity index (χ0v) is 14.0. The second kappa shape index (κ2) is 6.86. The Kier molecular flexibility index (Phi) is 4.65. The number of methoxy groups -OCH3 is 1. The highest BCUT2D eigenvalue weighted by Gasteiger charge is 2.23. The molecule has 0 saturated carbocycles. The maximum atomic E-state index is 5.94. The molecule has 1 aliphatic heterocycles. The third kappa shape index (κ3) is 3.38. The number of aromatic nitrogens is 2. The van der Waals surface area contributed by atoms with E-state index in [1.165, 1.54) is 5.56 Å². The molecule has 0 spiro atoms. The van der Waals surface area contributed by atoms with E-state index < -0.39 is 0 Å². The third-order valence-electron chi connectivity index (χ3n) is 4.28. The monoisotopic (exact) mass is 313 g/mol. The van der Waals surface area contributed by atoms with Gasteiger partial charge < -0.3 is 14.4 Å². The van der Waals surface area contributed by atoms with Crippen LogP contribution >= 0.6 is 0 Å². The number of rotatable bonds is 5. The molecule has 0 amide bonds. The van der Waals surface area contributed by atoms with Gasteiger partial charge in [-0.15, -0.1) is 0 Å². The van der Waals surface area contributed by atoms with Crippen molar-refractivity contribution in [1.29, 1.82) is 0 Å². The molecule has 1 aromatic carbocycles. The molecule has 0 unspecified atom stereocenters. The number of fused-ring (bicyclic) bond motifs is 1. The fourth-order valence-electron chi connectivity index (χ4n) is 2.87. The molecule has 3 rings (SSSR count). The van der Waals surface area contributed by atoms with Crippen LogP contribution < -0.4 is 14.4 Å². The minimum Gasteiger partial charge on any atom is -0.493 e. The molecular formula is C18H23N3O2. The van der Waals surface area contributed by atoms with Gasteiger partial charge in [-0.2, -0.15) is 0 Å². The van der Waals surface area contributed by atoms with Crippen LogP contribution in [0.1, 0.15) is 18.3 Å². The van der Waals surface area contributed by atoms with Crippen molar-refractivity contribution >= 4 is 5.82 Å². The zero-order valence-electron chi connectivity index (χ0n) is 14.0. The van der Waals surface area contributed by atoms with Crippen molar-refractivity contribution in [3.63, 3.8) is 0 Å². The topological polar surface area (TPSA) is 47.5 Å². The summed E-state index contributed by atoms with van der Waals surface area (Å²) in [4.78, 5) is 11.2. The molecule has 0 N–H and O–H groups in total. The maximum absolute atomic E-state index is 5.94. The summed E-state index contributed by atoms with van der Waals surface area (Å²) in [5, 5.41) is 0. The Morgan fingerprint density at radius 1 is 1.35 bits per heavy atom. The summed E-state index contributed by atoms with van der Waals surface area (Å²) in [6.45, 7) is 3.71. The Hall–Kier alpha value is -2.30. The van der Waals surface area contributed by atoms with E-state index in [-0.39, 0.29) is 0 Å². The number of nitrogens with zero attached hydrogens (tertiary/aromatic N) is 3. The normalized spacial score (nSPS) is 16.4. The Bertz CT molecular complexity index is 675. The highest BCUT2D eigenvalue weighted by atomic mass is 16.5. The van der Waals surface area contributed by atoms with E-state index in [9.17, 15) is 0 Å². The molecule has 2 heterocycles. The van der Waals surface area contributed by atoms with E-state index in [0.717, 1.165) is 42.5 Å².